The first-order valence-electron chi connectivity index (χ1n) is 4.78. The van der Waals surface area contributed by atoms with Crippen LogP contribution in [0.25, 0.3) is 0 Å². The summed E-state index contributed by atoms with van der Waals surface area (Å²) in [5, 5.41) is 3.60. The number of carbonyl (C=O) groups excluding carboxylic acids is 1. The third-order valence-corrected chi connectivity index (χ3v) is 2.62. The molecule has 1 N–H and O–H groups in total. The smallest absolute Gasteiger partial charge is 0.224 e. The lowest BCUT2D eigenvalue weighted by atomic mass is 10.1. The topological polar surface area (TPSA) is 29.1 Å². The maximum atomic E-state index is 11.4. The number of rotatable bonds is 3. The van der Waals surface area contributed by atoms with Crippen LogP contribution in [0.2, 0.25) is 5.02 Å². The molecule has 1 amide bonds. The predicted molar refractivity (Wildman–Crippen MR) is 56.3 cm³/mol. The minimum atomic E-state index is 0.0700. The second-order valence-corrected chi connectivity index (χ2v) is 4.02. The lowest BCUT2D eigenvalue weighted by Crippen LogP contribution is -2.27. The highest BCUT2D eigenvalue weighted by atomic mass is 35.5. The van der Waals surface area contributed by atoms with E-state index in [0.29, 0.717) is 17.5 Å². The normalized spacial score (nSPS) is 15.2. The molecule has 0 bridgehead atoms. The Balaban J connectivity index is 1.95. The molecule has 0 heterocycles. The van der Waals surface area contributed by atoms with E-state index in [0.717, 1.165) is 18.4 Å². The van der Waals surface area contributed by atoms with Gasteiger partial charge in [-0.05, 0) is 24.5 Å². The summed E-state index contributed by atoms with van der Waals surface area (Å²) in [6.45, 7) is 0. The highest BCUT2D eigenvalue weighted by Crippen LogP contribution is 2.20. The molecule has 0 saturated heterocycles. The molecule has 2 nitrogen and oxygen atoms in total. The molecule has 3 heteroatoms. The largest absolute Gasteiger partial charge is 0.353 e. The van der Waals surface area contributed by atoms with Crippen LogP contribution in [0, 0.1) is 0 Å². The average molecular weight is 210 g/mol. The quantitative estimate of drug-likeness (QED) is 0.812. The van der Waals surface area contributed by atoms with Crippen molar-refractivity contribution < 1.29 is 4.79 Å². The summed E-state index contributed by atoms with van der Waals surface area (Å²) in [6.07, 6.45) is 2.62. The summed E-state index contributed by atoms with van der Waals surface area (Å²) in [5.41, 5.74) is 0.896. The van der Waals surface area contributed by atoms with Crippen LogP contribution in [0.5, 0.6) is 0 Å². The number of carbonyl (C=O) groups is 1. The fourth-order valence-electron chi connectivity index (χ4n) is 1.32. The first kappa shape index (κ1) is 9.53. The molecule has 1 aromatic carbocycles. The second kappa shape index (κ2) is 4.01. The Morgan fingerprint density at radius 2 is 2.14 bits per heavy atom. The van der Waals surface area contributed by atoms with Crippen LogP contribution in [-0.2, 0) is 11.2 Å². The number of halogens is 1. The molecule has 0 atom stereocenters. The molecule has 0 spiro atoms. The summed E-state index contributed by atoms with van der Waals surface area (Å²) in [5.74, 6) is 0.0700. The van der Waals surface area contributed by atoms with E-state index in [-0.39, 0.29) is 5.91 Å². The Labute approximate surface area is 88.3 Å². The van der Waals surface area contributed by atoms with Crippen LogP contribution in [0.3, 0.4) is 0 Å². The number of benzene rings is 1. The van der Waals surface area contributed by atoms with E-state index in [2.05, 4.69) is 5.32 Å². The van der Waals surface area contributed by atoms with Gasteiger partial charge in [0.2, 0.25) is 5.91 Å². The van der Waals surface area contributed by atoms with Crippen LogP contribution in [0.4, 0.5) is 0 Å². The fraction of sp³-hybridized carbons (Fsp3) is 0.364. The van der Waals surface area contributed by atoms with Gasteiger partial charge in [-0.3, -0.25) is 4.79 Å². The van der Waals surface area contributed by atoms with E-state index in [4.69, 9.17) is 11.6 Å². The first-order valence-corrected chi connectivity index (χ1v) is 5.16. The van der Waals surface area contributed by atoms with E-state index in [1.165, 1.54) is 0 Å². The SMILES string of the molecule is O=C(Cc1ccccc1Cl)NC1CC1. The van der Waals surface area contributed by atoms with Crippen molar-refractivity contribution in [1.82, 2.24) is 5.32 Å². The van der Waals surface area contributed by atoms with Crippen molar-refractivity contribution in [3.05, 3.63) is 34.9 Å². The number of nitrogens with one attached hydrogen (secondary N) is 1. The molecular formula is C11H12ClNO. The predicted octanol–water partition coefficient (Wildman–Crippen LogP) is 2.16. The highest BCUT2D eigenvalue weighted by Gasteiger charge is 2.23. The maximum absolute atomic E-state index is 11.4. The van der Waals surface area contributed by atoms with Gasteiger partial charge in [-0.25, -0.2) is 0 Å². The third-order valence-electron chi connectivity index (χ3n) is 2.25. The molecule has 0 radical (unpaired) electrons. The van der Waals surface area contributed by atoms with Crippen LogP contribution in [0.1, 0.15) is 18.4 Å². The molecule has 1 aromatic rings. The van der Waals surface area contributed by atoms with Gasteiger partial charge in [0.05, 0.1) is 6.42 Å². The monoisotopic (exact) mass is 209 g/mol. The van der Waals surface area contributed by atoms with Crippen molar-refractivity contribution >= 4 is 17.5 Å². The van der Waals surface area contributed by atoms with Gasteiger partial charge in [-0.2, -0.15) is 0 Å². The molecule has 14 heavy (non-hydrogen) atoms. The van der Waals surface area contributed by atoms with Crippen LogP contribution in [0.15, 0.2) is 24.3 Å². The molecular weight excluding hydrogens is 198 g/mol. The molecule has 0 aromatic heterocycles. The lowest BCUT2D eigenvalue weighted by molar-refractivity contribution is -0.120. The summed E-state index contributed by atoms with van der Waals surface area (Å²) in [4.78, 5) is 11.4. The zero-order chi connectivity index (χ0) is 9.97. The van der Waals surface area contributed by atoms with Gasteiger partial charge in [0.25, 0.3) is 0 Å². The van der Waals surface area contributed by atoms with Gasteiger partial charge >= 0.3 is 0 Å². The first-order chi connectivity index (χ1) is 6.75. The van der Waals surface area contributed by atoms with Crippen LogP contribution in [-0.4, -0.2) is 11.9 Å². The van der Waals surface area contributed by atoms with E-state index in [1.807, 2.05) is 18.2 Å². The highest BCUT2D eigenvalue weighted by molar-refractivity contribution is 6.31. The minimum Gasteiger partial charge on any atom is -0.353 e. The summed E-state index contributed by atoms with van der Waals surface area (Å²) in [6, 6.07) is 7.87. The van der Waals surface area contributed by atoms with E-state index in [1.54, 1.807) is 6.07 Å². The van der Waals surface area contributed by atoms with Gasteiger partial charge in [0, 0.05) is 11.1 Å². The van der Waals surface area contributed by atoms with Gasteiger partial charge in [-0.1, -0.05) is 29.8 Å². The Morgan fingerprint density at radius 1 is 1.43 bits per heavy atom. The fourth-order valence-corrected chi connectivity index (χ4v) is 1.52. The van der Waals surface area contributed by atoms with Crippen molar-refractivity contribution in [1.29, 1.82) is 0 Å². The number of hydrogen-bond donors (Lipinski definition) is 1. The third kappa shape index (κ3) is 2.48. The molecule has 0 unspecified atom stereocenters. The number of hydrogen-bond acceptors (Lipinski definition) is 1. The van der Waals surface area contributed by atoms with E-state index >= 15 is 0 Å². The molecule has 1 saturated carbocycles. The molecule has 74 valence electrons. The van der Waals surface area contributed by atoms with E-state index in [9.17, 15) is 4.79 Å². The molecule has 1 fully saturated rings. The average Bonchev–Trinajstić information content (AvgIpc) is 2.93. The molecule has 1 aliphatic rings. The van der Waals surface area contributed by atoms with Crippen LogP contribution >= 0.6 is 11.6 Å². The number of amides is 1. The van der Waals surface area contributed by atoms with Crippen molar-refractivity contribution in [2.45, 2.75) is 25.3 Å². The van der Waals surface area contributed by atoms with Gasteiger partial charge in [0.15, 0.2) is 0 Å². The van der Waals surface area contributed by atoms with Crippen molar-refractivity contribution in [2.75, 3.05) is 0 Å². The Morgan fingerprint density at radius 3 is 2.79 bits per heavy atom. The van der Waals surface area contributed by atoms with Gasteiger partial charge < -0.3 is 5.32 Å². The van der Waals surface area contributed by atoms with Crippen LogP contribution < -0.4 is 5.32 Å². The summed E-state index contributed by atoms with van der Waals surface area (Å²) < 4.78 is 0. The van der Waals surface area contributed by atoms with Crippen molar-refractivity contribution in [3.8, 4) is 0 Å². The Bertz CT molecular complexity index is 347. The summed E-state index contributed by atoms with van der Waals surface area (Å²) in [7, 11) is 0. The Hall–Kier alpha value is -1.02. The summed E-state index contributed by atoms with van der Waals surface area (Å²) >= 11 is 5.94. The maximum Gasteiger partial charge on any atom is 0.224 e. The standard InChI is InChI=1S/C11H12ClNO/c12-10-4-2-1-3-8(10)7-11(14)13-9-5-6-9/h1-4,9H,5-7H2,(H,13,14). The van der Waals surface area contributed by atoms with Crippen molar-refractivity contribution in [2.24, 2.45) is 0 Å². The zero-order valence-electron chi connectivity index (χ0n) is 7.79. The zero-order valence-corrected chi connectivity index (χ0v) is 8.55. The van der Waals surface area contributed by atoms with Gasteiger partial charge in [-0.15, -0.1) is 0 Å². The second-order valence-electron chi connectivity index (χ2n) is 3.61. The lowest BCUT2D eigenvalue weighted by Gasteiger charge is -2.04. The van der Waals surface area contributed by atoms with Crippen molar-refractivity contribution in [3.63, 3.8) is 0 Å². The van der Waals surface area contributed by atoms with Gasteiger partial charge in [0.1, 0.15) is 0 Å². The van der Waals surface area contributed by atoms with E-state index < -0.39 is 0 Å². The minimum absolute atomic E-state index is 0.0700. The Kier molecular flexibility index (Phi) is 2.73. The molecule has 1 aliphatic carbocycles. The molecule has 2 rings (SSSR count). The molecule has 0 aliphatic heterocycles.